The highest BCUT2D eigenvalue weighted by Gasteiger charge is 2.31. The monoisotopic (exact) mass is 454 g/mol. The Bertz CT molecular complexity index is 1040. The highest BCUT2D eigenvalue weighted by molar-refractivity contribution is 7.16. The summed E-state index contributed by atoms with van der Waals surface area (Å²) < 4.78 is 16.7. The van der Waals surface area contributed by atoms with Crippen LogP contribution in [0.15, 0.2) is 47.1 Å². The van der Waals surface area contributed by atoms with E-state index in [4.69, 9.17) is 13.9 Å². The summed E-state index contributed by atoms with van der Waals surface area (Å²) in [6.07, 6.45) is 5.96. The number of thiophene rings is 1. The molecule has 4 rings (SSSR count). The minimum Gasteiger partial charge on any atom is -0.493 e. The molecule has 7 heteroatoms. The lowest BCUT2D eigenvalue weighted by Crippen LogP contribution is -2.35. The van der Waals surface area contributed by atoms with Crippen LogP contribution in [-0.2, 0) is 6.42 Å². The second-order valence-corrected chi connectivity index (χ2v) is 9.00. The summed E-state index contributed by atoms with van der Waals surface area (Å²) in [6.45, 7) is 4.12. The van der Waals surface area contributed by atoms with E-state index in [0.29, 0.717) is 11.5 Å². The largest absolute Gasteiger partial charge is 0.493 e. The van der Waals surface area contributed by atoms with Gasteiger partial charge in [-0.1, -0.05) is 25.5 Å². The Morgan fingerprint density at radius 3 is 2.59 bits per heavy atom. The standard InChI is InChI=1S/C25H30N2O4S/c1-4-17-16-19(25(32-17)26-24(28)21-12-9-15-31-21)22(27-13-6-5-7-14-27)18-10-8-11-20(29-2)23(18)30-3/h8-12,15-16,22H,4-7,13-14H2,1-3H3,(H,26,28). The van der Waals surface area contributed by atoms with Gasteiger partial charge in [0, 0.05) is 16.0 Å². The van der Waals surface area contributed by atoms with Crippen LogP contribution < -0.4 is 14.8 Å². The molecule has 6 nitrogen and oxygen atoms in total. The van der Waals surface area contributed by atoms with Crippen molar-refractivity contribution in [1.29, 1.82) is 0 Å². The summed E-state index contributed by atoms with van der Waals surface area (Å²) in [5, 5.41) is 3.96. The van der Waals surface area contributed by atoms with E-state index < -0.39 is 0 Å². The third-order valence-electron chi connectivity index (χ3n) is 5.91. The highest BCUT2D eigenvalue weighted by Crippen LogP contribution is 2.45. The number of piperidine rings is 1. The number of hydrogen-bond donors (Lipinski definition) is 1. The van der Waals surface area contributed by atoms with E-state index in [0.717, 1.165) is 54.2 Å². The van der Waals surface area contributed by atoms with E-state index in [-0.39, 0.29) is 11.9 Å². The number of carbonyl (C=O) groups excluding carboxylic acids is 1. The number of para-hydroxylation sites is 1. The molecule has 32 heavy (non-hydrogen) atoms. The molecule has 1 N–H and O–H groups in total. The summed E-state index contributed by atoms with van der Waals surface area (Å²) in [5.41, 5.74) is 2.13. The highest BCUT2D eigenvalue weighted by atomic mass is 32.1. The number of ether oxygens (including phenoxy) is 2. The molecule has 1 aromatic carbocycles. The van der Waals surface area contributed by atoms with Crippen molar-refractivity contribution >= 4 is 22.2 Å². The van der Waals surface area contributed by atoms with Crippen molar-refractivity contribution in [1.82, 2.24) is 4.90 Å². The van der Waals surface area contributed by atoms with Gasteiger partial charge in [0.2, 0.25) is 0 Å². The summed E-state index contributed by atoms with van der Waals surface area (Å²) in [6, 6.07) is 11.6. The normalized spacial score (nSPS) is 15.3. The van der Waals surface area contributed by atoms with E-state index in [2.05, 4.69) is 29.3 Å². The van der Waals surface area contributed by atoms with Crippen molar-refractivity contribution in [3.8, 4) is 11.5 Å². The van der Waals surface area contributed by atoms with Crippen LogP contribution >= 0.6 is 11.3 Å². The Morgan fingerprint density at radius 1 is 1.12 bits per heavy atom. The lowest BCUT2D eigenvalue weighted by molar-refractivity contribution is 0.0996. The first kappa shape index (κ1) is 22.4. The van der Waals surface area contributed by atoms with Crippen LogP contribution in [0.25, 0.3) is 0 Å². The van der Waals surface area contributed by atoms with E-state index in [9.17, 15) is 4.79 Å². The van der Waals surface area contributed by atoms with Crippen molar-refractivity contribution in [2.24, 2.45) is 0 Å². The van der Waals surface area contributed by atoms with Gasteiger partial charge in [0.25, 0.3) is 5.91 Å². The van der Waals surface area contributed by atoms with E-state index in [1.165, 1.54) is 17.6 Å². The fourth-order valence-electron chi connectivity index (χ4n) is 4.37. The number of hydrogen-bond acceptors (Lipinski definition) is 6. The average Bonchev–Trinajstić information content (AvgIpc) is 3.50. The Kier molecular flexibility index (Phi) is 7.17. The first-order valence-corrected chi connectivity index (χ1v) is 11.9. The van der Waals surface area contributed by atoms with Crippen LogP contribution in [-0.4, -0.2) is 38.1 Å². The van der Waals surface area contributed by atoms with Gasteiger partial charge in [-0.15, -0.1) is 11.3 Å². The molecule has 0 saturated carbocycles. The molecule has 1 aliphatic heterocycles. The molecule has 1 atom stereocenters. The lowest BCUT2D eigenvalue weighted by Gasteiger charge is -2.36. The molecule has 0 aliphatic carbocycles. The number of rotatable bonds is 8. The molecule has 1 saturated heterocycles. The molecule has 1 amide bonds. The maximum absolute atomic E-state index is 12.8. The topological polar surface area (TPSA) is 63.9 Å². The van der Waals surface area contributed by atoms with E-state index >= 15 is 0 Å². The third kappa shape index (κ3) is 4.54. The summed E-state index contributed by atoms with van der Waals surface area (Å²) in [4.78, 5) is 16.5. The minimum atomic E-state index is -0.240. The predicted molar refractivity (Wildman–Crippen MR) is 127 cm³/mol. The molecule has 3 heterocycles. The number of methoxy groups -OCH3 is 2. The smallest absolute Gasteiger partial charge is 0.291 e. The van der Waals surface area contributed by atoms with Crippen LogP contribution in [0.3, 0.4) is 0 Å². The van der Waals surface area contributed by atoms with Gasteiger partial charge >= 0.3 is 0 Å². The Balaban J connectivity index is 1.82. The number of aryl methyl sites for hydroxylation is 1. The van der Waals surface area contributed by atoms with E-state index in [1.807, 2.05) is 12.1 Å². The average molecular weight is 455 g/mol. The molecule has 0 spiro atoms. The maximum atomic E-state index is 12.8. The van der Waals surface area contributed by atoms with Gasteiger partial charge in [-0.25, -0.2) is 0 Å². The number of nitrogens with zero attached hydrogens (tertiary/aromatic N) is 1. The zero-order valence-electron chi connectivity index (χ0n) is 18.8. The summed E-state index contributed by atoms with van der Waals surface area (Å²) >= 11 is 1.62. The molecular weight excluding hydrogens is 424 g/mol. The number of benzene rings is 1. The number of carbonyl (C=O) groups is 1. The molecular formula is C25H30N2O4S. The SMILES string of the molecule is CCc1cc(C(c2cccc(OC)c2OC)N2CCCCC2)c(NC(=O)c2ccco2)s1. The Labute approximate surface area is 193 Å². The fourth-order valence-corrected chi connectivity index (χ4v) is 5.40. The number of anilines is 1. The second-order valence-electron chi connectivity index (χ2n) is 7.86. The van der Waals surface area contributed by atoms with Crippen molar-refractivity contribution in [3.63, 3.8) is 0 Å². The lowest BCUT2D eigenvalue weighted by atomic mass is 9.94. The van der Waals surface area contributed by atoms with Gasteiger partial charge in [-0.2, -0.15) is 0 Å². The molecule has 1 fully saturated rings. The van der Waals surface area contributed by atoms with Gasteiger partial charge in [-0.05, 0) is 56.6 Å². The maximum Gasteiger partial charge on any atom is 0.291 e. The number of nitrogens with one attached hydrogen (secondary N) is 1. The molecule has 3 aromatic rings. The van der Waals surface area contributed by atoms with Crippen LogP contribution in [0.2, 0.25) is 0 Å². The number of amides is 1. The van der Waals surface area contributed by atoms with Gasteiger partial charge in [0.05, 0.1) is 26.5 Å². The number of furan rings is 1. The summed E-state index contributed by atoms with van der Waals surface area (Å²) in [7, 11) is 3.34. The van der Waals surface area contributed by atoms with Gasteiger partial charge < -0.3 is 19.2 Å². The molecule has 170 valence electrons. The van der Waals surface area contributed by atoms with E-state index in [1.54, 1.807) is 37.7 Å². The zero-order chi connectivity index (χ0) is 22.5. The first-order chi connectivity index (χ1) is 15.7. The molecule has 2 aromatic heterocycles. The third-order valence-corrected chi connectivity index (χ3v) is 7.12. The van der Waals surface area contributed by atoms with Crippen molar-refractivity contribution in [2.45, 2.75) is 38.6 Å². The zero-order valence-corrected chi connectivity index (χ0v) is 19.7. The van der Waals surface area contributed by atoms with Crippen molar-refractivity contribution in [3.05, 3.63) is 64.4 Å². The van der Waals surface area contributed by atoms with Crippen molar-refractivity contribution < 1.29 is 18.7 Å². The number of likely N-dealkylation sites (tertiary alicyclic amines) is 1. The predicted octanol–water partition coefficient (Wildman–Crippen LogP) is 5.75. The van der Waals surface area contributed by atoms with Gasteiger partial charge in [-0.3, -0.25) is 9.69 Å². The Morgan fingerprint density at radius 2 is 1.94 bits per heavy atom. The molecule has 1 unspecified atom stereocenters. The summed E-state index contributed by atoms with van der Waals surface area (Å²) in [5.74, 6) is 1.50. The quantitative estimate of drug-likeness (QED) is 0.470. The molecule has 0 bridgehead atoms. The molecule has 1 aliphatic rings. The van der Waals surface area contributed by atoms with Gasteiger partial charge in [0.1, 0.15) is 5.00 Å². The fraction of sp³-hybridized carbons (Fsp3) is 0.400. The van der Waals surface area contributed by atoms with Crippen LogP contribution in [0, 0.1) is 0 Å². The van der Waals surface area contributed by atoms with Crippen LogP contribution in [0.4, 0.5) is 5.00 Å². The minimum absolute atomic E-state index is 0.0520. The second kappa shape index (κ2) is 10.2. The van der Waals surface area contributed by atoms with Gasteiger partial charge in [0.15, 0.2) is 17.3 Å². The Hall–Kier alpha value is -2.77. The van der Waals surface area contributed by atoms with Crippen LogP contribution in [0.1, 0.15) is 58.8 Å². The molecule has 0 radical (unpaired) electrons. The van der Waals surface area contributed by atoms with Crippen LogP contribution in [0.5, 0.6) is 11.5 Å². The first-order valence-electron chi connectivity index (χ1n) is 11.1. The van der Waals surface area contributed by atoms with Crippen molar-refractivity contribution in [2.75, 3.05) is 32.6 Å².